The fourth-order valence-corrected chi connectivity index (χ4v) is 2.62. The van der Waals surface area contributed by atoms with Crippen molar-refractivity contribution in [3.05, 3.63) is 24.4 Å². The molecule has 20 heavy (non-hydrogen) atoms. The topological polar surface area (TPSA) is 81.7 Å². The van der Waals surface area contributed by atoms with Crippen molar-refractivity contribution in [2.75, 3.05) is 0 Å². The van der Waals surface area contributed by atoms with Gasteiger partial charge in [0.15, 0.2) is 5.82 Å². The zero-order chi connectivity index (χ0) is 13.8. The molecule has 2 aromatic heterocycles. The lowest BCUT2D eigenvalue weighted by atomic mass is 10.1. The quantitative estimate of drug-likeness (QED) is 0.861. The zero-order valence-electron chi connectivity index (χ0n) is 11.7. The molecule has 2 heterocycles. The van der Waals surface area contributed by atoms with Crippen molar-refractivity contribution in [1.29, 1.82) is 0 Å². The van der Waals surface area contributed by atoms with Crippen molar-refractivity contribution in [2.45, 2.75) is 57.7 Å². The van der Waals surface area contributed by atoms with Crippen molar-refractivity contribution in [2.24, 2.45) is 0 Å². The Hall–Kier alpha value is -1.76. The predicted molar refractivity (Wildman–Crippen MR) is 71.8 cm³/mol. The van der Waals surface area contributed by atoms with E-state index >= 15 is 0 Å². The molecule has 1 aliphatic rings. The van der Waals surface area contributed by atoms with Gasteiger partial charge in [0.2, 0.25) is 5.89 Å². The van der Waals surface area contributed by atoms with Gasteiger partial charge in [0.25, 0.3) is 0 Å². The van der Waals surface area contributed by atoms with Crippen LogP contribution >= 0.6 is 0 Å². The van der Waals surface area contributed by atoms with Crippen LogP contribution in [0, 0.1) is 0 Å². The molecule has 0 amide bonds. The molecule has 2 aromatic rings. The first-order chi connectivity index (χ1) is 9.81. The van der Waals surface area contributed by atoms with E-state index in [2.05, 4.69) is 32.5 Å². The maximum absolute atomic E-state index is 5.36. The van der Waals surface area contributed by atoms with Crippen LogP contribution in [-0.2, 0) is 13.1 Å². The molecular weight excluding hydrogens is 256 g/mol. The number of aromatic nitrogens is 5. The second-order valence-corrected chi connectivity index (χ2v) is 5.43. The number of rotatable bonds is 6. The van der Waals surface area contributed by atoms with Crippen LogP contribution in [0.2, 0.25) is 0 Å². The molecule has 0 aromatic carbocycles. The second kappa shape index (κ2) is 6.13. The Morgan fingerprint density at radius 3 is 3.05 bits per heavy atom. The molecular formula is C13H20N6O. The van der Waals surface area contributed by atoms with Crippen molar-refractivity contribution in [3.63, 3.8) is 0 Å². The van der Waals surface area contributed by atoms with Crippen molar-refractivity contribution in [1.82, 2.24) is 30.2 Å². The van der Waals surface area contributed by atoms with Crippen LogP contribution in [0.5, 0.6) is 0 Å². The van der Waals surface area contributed by atoms with Gasteiger partial charge in [-0.25, -0.2) is 4.98 Å². The Kier molecular flexibility index (Phi) is 4.05. The summed E-state index contributed by atoms with van der Waals surface area (Å²) in [6.45, 7) is 3.49. The van der Waals surface area contributed by atoms with E-state index in [9.17, 15) is 0 Å². The molecule has 1 fully saturated rings. The third-order valence-corrected chi connectivity index (χ3v) is 3.72. The summed E-state index contributed by atoms with van der Waals surface area (Å²) in [5.74, 6) is 2.02. The fourth-order valence-electron chi connectivity index (χ4n) is 2.62. The third-order valence-electron chi connectivity index (χ3n) is 3.72. The molecule has 0 spiro atoms. The third kappa shape index (κ3) is 3.22. The lowest BCUT2D eigenvalue weighted by molar-refractivity contribution is 0.347. The van der Waals surface area contributed by atoms with Gasteiger partial charge in [-0.15, -0.1) is 0 Å². The van der Waals surface area contributed by atoms with E-state index in [1.54, 1.807) is 17.3 Å². The highest BCUT2D eigenvalue weighted by molar-refractivity contribution is 4.96. The number of nitrogens with zero attached hydrogens (tertiary/aromatic N) is 5. The summed E-state index contributed by atoms with van der Waals surface area (Å²) in [7, 11) is 0. The molecule has 0 aliphatic heterocycles. The van der Waals surface area contributed by atoms with Crippen LogP contribution in [-0.4, -0.2) is 30.9 Å². The number of nitrogens with one attached hydrogen (secondary N) is 1. The molecule has 0 bridgehead atoms. The molecule has 1 N–H and O–H groups in total. The second-order valence-electron chi connectivity index (χ2n) is 5.43. The van der Waals surface area contributed by atoms with Crippen molar-refractivity contribution < 1.29 is 4.52 Å². The van der Waals surface area contributed by atoms with E-state index in [1.165, 1.54) is 25.7 Å². The molecule has 1 atom stereocenters. The Morgan fingerprint density at radius 2 is 2.30 bits per heavy atom. The first-order valence-electron chi connectivity index (χ1n) is 7.19. The monoisotopic (exact) mass is 276 g/mol. The molecule has 7 nitrogen and oxygen atoms in total. The largest absolute Gasteiger partial charge is 0.339 e. The average Bonchev–Trinajstić information content (AvgIpc) is 3.18. The number of hydrogen-bond donors (Lipinski definition) is 1. The highest BCUT2D eigenvalue weighted by Crippen LogP contribution is 2.32. The fraction of sp³-hybridized carbons (Fsp3) is 0.692. The first-order valence-corrected chi connectivity index (χ1v) is 7.19. The molecule has 1 saturated carbocycles. The highest BCUT2D eigenvalue weighted by Gasteiger charge is 2.22. The van der Waals surface area contributed by atoms with Gasteiger partial charge in [-0.3, -0.25) is 4.68 Å². The normalized spacial score (nSPS) is 17.6. The Bertz CT molecular complexity index is 517. The molecule has 3 rings (SSSR count). The molecule has 0 saturated heterocycles. The van der Waals surface area contributed by atoms with Crippen molar-refractivity contribution >= 4 is 0 Å². The standard InChI is InChI=1S/C13H20N6O/c1-10(7-19-9-14-8-16-19)15-6-12-17-13(20-18-12)11-4-2-3-5-11/h8-11,15H,2-7H2,1H3/t10-/m0/s1. The van der Waals surface area contributed by atoms with E-state index < -0.39 is 0 Å². The molecule has 0 unspecified atom stereocenters. The van der Waals surface area contributed by atoms with Gasteiger partial charge < -0.3 is 9.84 Å². The lowest BCUT2D eigenvalue weighted by Gasteiger charge is -2.11. The van der Waals surface area contributed by atoms with Crippen molar-refractivity contribution in [3.8, 4) is 0 Å². The Balaban J connectivity index is 1.48. The molecule has 0 radical (unpaired) electrons. The van der Waals surface area contributed by atoms with Gasteiger partial charge in [0.1, 0.15) is 12.7 Å². The van der Waals surface area contributed by atoms with Crippen LogP contribution in [0.4, 0.5) is 0 Å². The summed E-state index contributed by atoms with van der Waals surface area (Å²) < 4.78 is 7.16. The van der Waals surface area contributed by atoms with Gasteiger partial charge in [-0.05, 0) is 19.8 Å². The summed E-state index contributed by atoms with van der Waals surface area (Å²) >= 11 is 0. The minimum Gasteiger partial charge on any atom is -0.339 e. The van der Waals surface area contributed by atoms with Gasteiger partial charge in [-0.2, -0.15) is 10.1 Å². The summed E-state index contributed by atoms with van der Waals surface area (Å²) in [5.41, 5.74) is 0. The zero-order valence-corrected chi connectivity index (χ0v) is 11.7. The van der Waals surface area contributed by atoms with E-state index in [-0.39, 0.29) is 6.04 Å². The van der Waals surface area contributed by atoms with Gasteiger partial charge >= 0.3 is 0 Å². The minimum atomic E-state index is 0.269. The number of hydrogen-bond acceptors (Lipinski definition) is 6. The van der Waals surface area contributed by atoms with E-state index in [0.717, 1.165) is 18.3 Å². The summed E-state index contributed by atoms with van der Waals surface area (Å²) in [6, 6.07) is 0.269. The SMILES string of the molecule is C[C@@H](Cn1cncn1)NCc1noc(C2CCCC2)n1. The smallest absolute Gasteiger partial charge is 0.229 e. The molecule has 7 heteroatoms. The Labute approximate surface area is 117 Å². The predicted octanol–water partition coefficient (Wildman–Crippen LogP) is 1.50. The van der Waals surface area contributed by atoms with Crippen LogP contribution in [0.15, 0.2) is 17.2 Å². The van der Waals surface area contributed by atoms with Crippen LogP contribution in [0.1, 0.15) is 50.2 Å². The highest BCUT2D eigenvalue weighted by atomic mass is 16.5. The minimum absolute atomic E-state index is 0.269. The summed E-state index contributed by atoms with van der Waals surface area (Å²) in [4.78, 5) is 8.41. The van der Waals surface area contributed by atoms with Gasteiger partial charge in [0.05, 0.1) is 13.1 Å². The first kappa shape index (κ1) is 13.2. The van der Waals surface area contributed by atoms with Crippen LogP contribution < -0.4 is 5.32 Å². The molecule has 108 valence electrons. The van der Waals surface area contributed by atoms with Crippen LogP contribution in [0.25, 0.3) is 0 Å². The summed E-state index contributed by atoms with van der Waals surface area (Å²) in [6.07, 6.45) is 8.16. The van der Waals surface area contributed by atoms with E-state index in [1.807, 2.05) is 0 Å². The maximum atomic E-state index is 5.36. The van der Waals surface area contributed by atoms with Crippen LogP contribution in [0.3, 0.4) is 0 Å². The van der Waals surface area contributed by atoms with E-state index in [4.69, 9.17) is 4.52 Å². The van der Waals surface area contributed by atoms with Gasteiger partial charge in [-0.1, -0.05) is 18.0 Å². The Morgan fingerprint density at radius 1 is 1.45 bits per heavy atom. The maximum Gasteiger partial charge on any atom is 0.229 e. The average molecular weight is 276 g/mol. The van der Waals surface area contributed by atoms with E-state index in [0.29, 0.717) is 12.5 Å². The molecule has 1 aliphatic carbocycles. The van der Waals surface area contributed by atoms with Gasteiger partial charge in [0, 0.05) is 12.0 Å². The summed E-state index contributed by atoms with van der Waals surface area (Å²) in [5, 5.41) is 11.5. The lowest BCUT2D eigenvalue weighted by Crippen LogP contribution is -2.30.